The molecule has 0 radical (unpaired) electrons. The first-order valence-corrected chi connectivity index (χ1v) is 13.4. The predicted molar refractivity (Wildman–Crippen MR) is 139 cm³/mol. The second-order valence-electron chi connectivity index (χ2n) is 10.6. The second-order valence-corrected chi connectivity index (χ2v) is 11.5. The van der Waals surface area contributed by atoms with Crippen molar-refractivity contribution >= 4 is 29.1 Å². The number of carbonyl (C=O) groups excluding carboxylic acids is 1. The number of benzene rings is 2. The van der Waals surface area contributed by atoms with Crippen LogP contribution in [0.2, 0.25) is 10.0 Å². The van der Waals surface area contributed by atoms with E-state index in [-0.39, 0.29) is 29.7 Å². The molecule has 0 aromatic heterocycles. The SMILES string of the molecule is COc1cccc(C23CCN(CC4CC4)CC2C(O)C[C@H](NC(=O)Cc2ccc(Cl)c(Cl)c2)C3)c1. The van der Waals surface area contributed by atoms with E-state index in [0.717, 1.165) is 49.7 Å². The Morgan fingerprint density at radius 2 is 2.03 bits per heavy atom. The van der Waals surface area contributed by atoms with Gasteiger partial charge in [0.2, 0.25) is 5.91 Å². The van der Waals surface area contributed by atoms with Crippen LogP contribution in [0.1, 0.15) is 43.2 Å². The molecule has 1 amide bonds. The number of methoxy groups -OCH3 is 1. The first-order chi connectivity index (χ1) is 16.9. The molecule has 3 fully saturated rings. The Morgan fingerprint density at radius 3 is 2.77 bits per heavy atom. The number of aliphatic hydroxyl groups excluding tert-OH is 1. The van der Waals surface area contributed by atoms with Crippen molar-refractivity contribution in [2.75, 3.05) is 26.7 Å². The van der Waals surface area contributed by atoms with Gasteiger partial charge in [0.1, 0.15) is 5.75 Å². The number of piperidine rings is 1. The Morgan fingerprint density at radius 1 is 1.20 bits per heavy atom. The predicted octanol–water partition coefficient (Wildman–Crippen LogP) is 4.85. The zero-order valence-electron chi connectivity index (χ0n) is 20.2. The quantitative estimate of drug-likeness (QED) is 0.551. The topological polar surface area (TPSA) is 61.8 Å². The first-order valence-electron chi connectivity index (χ1n) is 12.6. The van der Waals surface area contributed by atoms with Crippen LogP contribution in [-0.4, -0.2) is 54.8 Å². The van der Waals surface area contributed by atoms with Gasteiger partial charge in [-0.3, -0.25) is 4.79 Å². The maximum absolute atomic E-state index is 13.0. The molecular formula is C28H34Cl2N2O3. The number of fused-ring (bicyclic) bond motifs is 1. The summed E-state index contributed by atoms with van der Waals surface area (Å²) in [5, 5.41) is 15.6. The average molecular weight is 517 g/mol. The summed E-state index contributed by atoms with van der Waals surface area (Å²) in [7, 11) is 1.69. The van der Waals surface area contributed by atoms with Gasteiger partial charge in [0.15, 0.2) is 0 Å². The zero-order valence-corrected chi connectivity index (χ0v) is 21.7. The second kappa shape index (κ2) is 10.3. The summed E-state index contributed by atoms with van der Waals surface area (Å²) >= 11 is 12.1. The highest BCUT2D eigenvalue weighted by molar-refractivity contribution is 6.42. The van der Waals surface area contributed by atoms with Gasteiger partial charge in [0.05, 0.1) is 29.7 Å². The molecule has 2 saturated carbocycles. The van der Waals surface area contributed by atoms with E-state index in [4.69, 9.17) is 27.9 Å². The Bertz CT molecular complexity index is 1080. The molecule has 188 valence electrons. The molecule has 2 aromatic rings. The van der Waals surface area contributed by atoms with Crippen LogP contribution >= 0.6 is 23.2 Å². The fraction of sp³-hybridized carbons (Fsp3) is 0.536. The number of aliphatic hydroxyl groups is 1. The van der Waals surface area contributed by atoms with Crippen LogP contribution in [0.15, 0.2) is 42.5 Å². The van der Waals surface area contributed by atoms with E-state index in [2.05, 4.69) is 22.3 Å². The Labute approximate surface area is 217 Å². The summed E-state index contributed by atoms with van der Waals surface area (Å²) in [4.78, 5) is 15.5. The highest BCUT2D eigenvalue weighted by Gasteiger charge is 2.52. The third kappa shape index (κ3) is 5.48. The van der Waals surface area contributed by atoms with E-state index in [0.29, 0.717) is 16.5 Å². The third-order valence-electron chi connectivity index (χ3n) is 8.21. The molecule has 0 spiro atoms. The third-order valence-corrected chi connectivity index (χ3v) is 8.95. The molecule has 1 aliphatic heterocycles. The lowest BCUT2D eigenvalue weighted by Crippen LogP contribution is -2.61. The van der Waals surface area contributed by atoms with Crippen LogP contribution in [0.3, 0.4) is 0 Å². The van der Waals surface area contributed by atoms with Crippen molar-refractivity contribution in [1.29, 1.82) is 0 Å². The number of rotatable bonds is 7. The van der Waals surface area contributed by atoms with Gasteiger partial charge < -0.3 is 20.1 Å². The number of hydrogen-bond donors (Lipinski definition) is 2. The van der Waals surface area contributed by atoms with Crippen LogP contribution < -0.4 is 10.1 Å². The molecule has 1 heterocycles. The summed E-state index contributed by atoms with van der Waals surface area (Å²) in [6.07, 6.45) is 4.76. The maximum Gasteiger partial charge on any atom is 0.224 e. The molecule has 35 heavy (non-hydrogen) atoms. The van der Waals surface area contributed by atoms with Crippen molar-refractivity contribution in [1.82, 2.24) is 10.2 Å². The molecule has 3 aliphatic rings. The summed E-state index contributed by atoms with van der Waals surface area (Å²) in [5.41, 5.74) is 1.82. The minimum absolute atomic E-state index is 0.0639. The van der Waals surface area contributed by atoms with Crippen molar-refractivity contribution in [3.05, 3.63) is 63.6 Å². The molecule has 2 aromatic carbocycles. The van der Waals surface area contributed by atoms with Crippen molar-refractivity contribution in [2.24, 2.45) is 11.8 Å². The van der Waals surface area contributed by atoms with Crippen LogP contribution in [-0.2, 0) is 16.6 Å². The average Bonchev–Trinajstić information content (AvgIpc) is 3.66. The van der Waals surface area contributed by atoms with E-state index in [9.17, 15) is 9.90 Å². The van der Waals surface area contributed by atoms with E-state index in [1.54, 1.807) is 19.2 Å². The molecule has 1 saturated heterocycles. The minimum Gasteiger partial charge on any atom is -0.497 e. The van der Waals surface area contributed by atoms with Crippen LogP contribution in [0.25, 0.3) is 0 Å². The number of ether oxygens (including phenoxy) is 1. The largest absolute Gasteiger partial charge is 0.497 e. The van der Waals surface area contributed by atoms with Crippen molar-refractivity contribution in [2.45, 2.75) is 56.1 Å². The molecule has 5 rings (SSSR count). The Kier molecular flexibility index (Phi) is 7.32. The van der Waals surface area contributed by atoms with Gasteiger partial charge in [-0.05, 0) is 80.0 Å². The summed E-state index contributed by atoms with van der Waals surface area (Å²) < 4.78 is 5.54. The number of nitrogens with zero attached hydrogens (tertiary/aromatic N) is 1. The molecule has 0 bridgehead atoms. The number of likely N-dealkylation sites (tertiary alicyclic amines) is 1. The molecule has 7 heteroatoms. The molecule has 2 aliphatic carbocycles. The van der Waals surface area contributed by atoms with Crippen LogP contribution in [0.5, 0.6) is 5.75 Å². The van der Waals surface area contributed by atoms with Gasteiger partial charge >= 0.3 is 0 Å². The lowest BCUT2D eigenvalue weighted by molar-refractivity contribution is -0.122. The number of hydrogen-bond acceptors (Lipinski definition) is 4. The van der Waals surface area contributed by atoms with Gasteiger partial charge in [0, 0.05) is 30.5 Å². The van der Waals surface area contributed by atoms with Crippen molar-refractivity contribution in [3.63, 3.8) is 0 Å². The van der Waals surface area contributed by atoms with E-state index < -0.39 is 6.10 Å². The summed E-state index contributed by atoms with van der Waals surface area (Å²) in [5.74, 6) is 1.72. The number of nitrogens with one attached hydrogen (secondary N) is 1. The van der Waals surface area contributed by atoms with Gasteiger partial charge in [-0.2, -0.15) is 0 Å². The van der Waals surface area contributed by atoms with E-state index in [1.807, 2.05) is 18.2 Å². The molecule has 3 unspecified atom stereocenters. The van der Waals surface area contributed by atoms with E-state index in [1.165, 1.54) is 18.4 Å². The van der Waals surface area contributed by atoms with Crippen LogP contribution in [0.4, 0.5) is 0 Å². The highest BCUT2D eigenvalue weighted by atomic mass is 35.5. The fourth-order valence-electron chi connectivity index (χ4n) is 6.27. The van der Waals surface area contributed by atoms with Crippen molar-refractivity contribution < 1.29 is 14.6 Å². The summed E-state index contributed by atoms with van der Waals surface area (Å²) in [6.45, 7) is 3.06. The van der Waals surface area contributed by atoms with Gasteiger partial charge in [-0.1, -0.05) is 41.4 Å². The Balaban J connectivity index is 1.36. The lowest BCUT2D eigenvalue weighted by Gasteiger charge is -2.55. The first kappa shape index (κ1) is 24.9. The molecular weight excluding hydrogens is 483 g/mol. The maximum atomic E-state index is 13.0. The molecule has 4 atom stereocenters. The van der Waals surface area contributed by atoms with Crippen LogP contribution in [0, 0.1) is 11.8 Å². The normalized spacial score (nSPS) is 28.9. The summed E-state index contributed by atoms with van der Waals surface area (Å²) in [6, 6.07) is 13.5. The standard InChI is InChI=1S/C28H34Cl2N2O3/c1-35-22-4-2-3-20(13-22)28-9-10-32(16-18-5-6-18)17-23(28)26(33)14-21(15-28)31-27(34)12-19-7-8-24(29)25(30)11-19/h2-4,7-8,11,13,18,21,23,26,33H,5-6,9-10,12,14-17H2,1H3,(H,31,34)/t21-,23?,26?,28?/m0/s1. The minimum atomic E-state index is -0.479. The number of amides is 1. The highest BCUT2D eigenvalue weighted by Crippen LogP contribution is 2.50. The Hall–Kier alpha value is -1.79. The van der Waals surface area contributed by atoms with Gasteiger partial charge in [-0.15, -0.1) is 0 Å². The zero-order chi connectivity index (χ0) is 24.6. The molecule has 5 nitrogen and oxygen atoms in total. The monoisotopic (exact) mass is 516 g/mol. The van der Waals surface area contributed by atoms with E-state index >= 15 is 0 Å². The number of carbonyl (C=O) groups is 1. The smallest absolute Gasteiger partial charge is 0.224 e. The van der Waals surface area contributed by atoms with Gasteiger partial charge in [0.25, 0.3) is 0 Å². The molecule has 2 N–H and O–H groups in total. The van der Waals surface area contributed by atoms with Gasteiger partial charge in [-0.25, -0.2) is 0 Å². The number of halogens is 2. The fourth-order valence-corrected chi connectivity index (χ4v) is 6.59. The lowest BCUT2D eigenvalue weighted by atomic mass is 9.57. The van der Waals surface area contributed by atoms with Crippen molar-refractivity contribution in [3.8, 4) is 5.75 Å².